The van der Waals surface area contributed by atoms with Gasteiger partial charge in [-0.1, -0.05) is 36.4 Å². The number of benzene rings is 2. The molecule has 0 heterocycles. The number of fused-ring (bicyclic) bond motifs is 3. The van der Waals surface area contributed by atoms with Crippen molar-refractivity contribution in [3.05, 3.63) is 47.5 Å². The van der Waals surface area contributed by atoms with Crippen molar-refractivity contribution in [1.82, 2.24) is 6.15 Å². The molecule has 0 bridgehead atoms. The molecular weight excluding hydrogens is 146 g/mol. The third-order valence-corrected chi connectivity index (χ3v) is 2.38. The Kier molecular flexibility index (Phi) is 1.42. The van der Waals surface area contributed by atoms with Crippen LogP contribution in [0.1, 0.15) is 11.1 Å². The van der Waals surface area contributed by atoms with Gasteiger partial charge in [-0.15, -0.1) is 0 Å². The Morgan fingerprint density at radius 3 is 2.67 bits per heavy atom. The Morgan fingerprint density at radius 2 is 1.75 bits per heavy atom. The first-order valence-electron chi connectivity index (χ1n) is 3.95. The number of hydrogen-bond acceptors (Lipinski definition) is 1. The molecule has 0 saturated heterocycles. The van der Waals surface area contributed by atoms with E-state index in [1.807, 2.05) is 0 Å². The van der Waals surface area contributed by atoms with Gasteiger partial charge in [0.15, 0.2) is 0 Å². The zero-order valence-corrected chi connectivity index (χ0v) is 6.88. The standard InChI is InChI=1S/C11H8.H3N/c1-2-4-10-8(3-1)5-6-9-7-11(9)10;/h1-6H,7H2;1H3. The Bertz CT molecular complexity index is 432. The molecule has 0 radical (unpaired) electrons. The van der Waals surface area contributed by atoms with E-state index in [1.165, 1.54) is 22.8 Å². The molecule has 0 atom stereocenters. The first-order valence-corrected chi connectivity index (χ1v) is 3.95. The minimum absolute atomic E-state index is 0. The maximum Gasteiger partial charge on any atom is -0.00137 e. The van der Waals surface area contributed by atoms with Gasteiger partial charge in [0.2, 0.25) is 0 Å². The van der Waals surface area contributed by atoms with E-state index in [2.05, 4.69) is 36.4 Å². The summed E-state index contributed by atoms with van der Waals surface area (Å²) < 4.78 is 0. The van der Waals surface area contributed by atoms with E-state index in [0.29, 0.717) is 0 Å². The maximum absolute atomic E-state index is 2.23. The quantitative estimate of drug-likeness (QED) is 0.535. The lowest BCUT2D eigenvalue weighted by Gasteiger charge is -1.92. The molecule has 0 aromatic heterocycles. The highest BCUT2D eigenvalue weighted by Gasteiger charge is 2.18. The molecule has 60 valence electrons. The van der Waals surface area contributed by atoms with Crippen molar-refractivity contribution in [2.45, 2.75) is 6.42 Å². The van der Waals surface area contributed by atoms with Gasteiger partial charge in [-0.2, -0.15) is 0 Å². The predicted molar refractivity (Wildman–Crippen MR) is 51.8 cm³/mol. The molecule has 0 spiro atoms. The molecule has 1 aliphatic carbocycles. The lowest BCUT2D eigenvalue weighted by molar-refractivity contribution is 1.62. The van der Waals surface area contributed by atoms with Gasteiger partial charge in [-0.3, -0.25) is 0 Å². The van der Waals surface area contributed by atoms with E-state index < -0.39 is 0 Å². The Labute approximate surface area is 71.6 Å². The van der Waals surface area contributed by atoms with E-state index in [0.717, 1.165) is 0 Å². The molecule has 12 heavy (non-hydrogen) atoms. The van der Waals surface area contributed by atoms with Crippen LogP contribution in [-0.2, 0) is 6.42 Å². The normalized spacial score (nSPS) is 12.0. The second-order valence-corrected chi connectivity index (χ2v) is 3.10. The number of rotatable bonds is 0. The summed E-state index contributed by atoms with van der Waals surface area (Å²) in [5.41, 5.74) is 3.09. The topological polar surface area (TPSA) is 35.0 Å². The summed E-state index contributed by atoms with van der Waals surface area (Å²) in [5, 5.41) is 2.83. The molecule has 0 aliphatic heterocycles. The lowest BCUT2D eigenvalue weighted by atomic mass is 10.1. The van der Waals surface area contributed by atoms with Crippen LogP contribution in [0, 0.1) is 0 Å². The maximum atomic E-state index is 2.23. The second-order valence-electron chi connectivity index (χ2n) is 3.10. The smallest absolute Gasteiger partial charge is 0.00137 e. The van der Waals surface area contributed by atoms with Crippen molar-refractivity contribution >= 4 is 10.8 Å². The van der Waals surface area contributed by atoms with Gasteiger partial charge in [0.1, 0.15) is 0 Å². The van der Waals surface area contributed by atoms with Gasteiger partial charge in [0, 0.05) is 0 Å². The van der Waals surface area contributed by atoms with Crippen LogP contribution in [0.5, 0.6) is 0 Å². The monoisotopic (exact) mass is 157 g/mol. The van der Waals surface area contributed by atoms with Crippen LogP contribution in [-0.4, -0.2) is 0 Å². The molecular formula is C11H11N. The average molecular weight is 157 g/mol. The van der Waals surface area contributed by atoms with Crippen molar-refractivity contribution in [2.75, 3.05) is 0 Å². The average Bonchev–Trinajstić information content (AvgIpc) is 2.83. The SMILES string of the molecule is N.c1ccc2c3c(ccc2c1)C3. The van der Waals surface area contributed by atoms with Crippen LogP contribution in [0.4, 0.5) is 0 Å². The third-order valence-electron chi connectivity index (χ3n) is 2.38. The molecule has 1 aliphatic rings. The summed E-state index contributed by atoms with van der Waals surface area (Å²) in [6.45, 7) is 0. The zero-order valence-electron chi connectivity index (χ0n) is 6.88. The summed E-state index contributed by atoms with van der Waals surface area (Å²) >= 11 is 0. The fraction of sp³-hybridized carbons (Fsp3) is 0.0909. The second kappa shape index (κ2) is 2.32. The van der Waals surface area contributed by atoms with Crippen molar-refractivity contribution in [2.24, 2.45) is 0 Å². The summed E-state index contributed by atoms with van der Waals surface area (Å²) in [7, 11) is 0. The van der Waals surface area contributed by atoms with E-state index in [1.54, 1.807) is 5.56 Å². The molecule has 2 aromatic rings. The summed E-state index contributed by atoms with van der Waals surface area (Å²) in [5.74, 6) is 0. The highest BCUT2D eigenvalue weighted by Crippen LogP contribution is 2.34. The van der Waals surface area contributed by atoms with Crippen LogP contribution >= 0.6 is 0 Å². The van der Waals surface area contributed by atoms with E-state index >= 15 is 0 Å². The van der Waals surface area contributed by atoms with Crippen LogP contribution in [0.2, 0.25) is 0 Å². The van der Waals surface area contributed by atoms with E-state index in [-0.39, 0.29) is 6.15 Å². The van der Waals surface area contributed by atoms with Crippen LogP contribution < -0.4 is 6.15 Å². The summed E-state index contributed by atoms with van der Waals surface area (Å²) in [6, 6.07) is 13.0. The molecule has 0 saturated carbocycles. The zero-order chi connectivity index (χ0) is 7.26. The first kappa shape index (κ1) is 7.32. The van der Waals surface area contributed by atoms with Crippen molar-refractivity contribution in [1.29, 1.82) is 0 Å². The highest BCUT2D eigenvalue weighted by molar-refractivity contribution is 5.90. The molecule has 3 rings (SSSR count). The highest BCUT2D eigenvalue weighted by atomic mass is 14.2. The molecule has 2 aromatic carbocycles. The van der Waals surface area contributed by atoms with Crippen molar-refractivity contribution in [3.63, 3.8) is 0 Å². The minimum atomic E-state index is 0. The minimum Gasteiger partial charge on any atom is -0.344 e. The molecule has 1 nitrogen and oxygen atoms in total. The lowest BCUT2D eigenvalue weighted by Crippen LogP contribution is -1.67. The van der Waals surface area contributed by atoms with Gasteiger partial charge in [0.25, 0.3) is 0 Å². The van der Waals surface area contributed by atoms with E-state index in [4.69, 9.17) is 0 Å². The van der Waals surface area contributed by atoms with Crippen molar-refractivity contribution in [3.8, 4) is 0 Å². The molecule has 0 unspecified atom stereocenters. The predicted octanol–water partition coefficient (Wildman–Crippen LogP) is 2.91. The summed E-state index contributed by atoms with van der Waals surface area (Å²) in [4.78, 5) is 0. The fourth-order valence-electron chi connectivity index (χ4n) is 1.68. The molecule has 0 amide bonds. The van der Waals surface area contributed by atoms with Gasteiger partial charge < -0.3 is 6.15 Å². The molecule has 0 fully saturated rings. The molecule has 1 heteroatoms. The van der Waals surface area contributed by atoms with Crippen LogP contribution in [0.15, 0.2) is 36.4 Å². The van der Waals surface area contributed by atoms with Gasteiger partial charge in [0.05, 0.1) is 0 Å². The van der Waals surface area contributed by atoms with Gasteiger partial charge in [-0.05, 0) is 28.3 Å². The largest absolute Gasteiger partial charge is 0.344 e. The van der Waals surface area contributed by atoms with Crippen LogP contribution in [0.3, 0.4) is 0 Å². The number of hydrogen-bond donors (Lipinski definition) is 1. The van der Waals surface area contributed by atoms with Gasteiger partial charge in [-0.25, -0.2) is 0 Å². The molecule has 3 N–H and O–H groups in total. The Morgan fingerprint density at radius 1 is 0.917 bits per heavy atom. The first-order chi connectivity index (χ1) is 5.45. The van der Waals surface area contributed by atoms with Crippen molar-refractivity contribution < 1.29 is 0 Å². The fourth-order valence-corrected chi connectivity index (χ4v) is 1.68. The van der Waals surface area contributed by atoms with E-state index in [9.17, 15) is 0 Å². The van der Waals surface area contributed by atoms with Gasteiger partial charge >= 0.3 is 0 Å². The Hall–Kier alpha value is -1.34. The van der Waals surface area contributed by atoms with Crippen LogP contribution in [0.25, 0.3) is 10.8 Å². The third kappa shape index (κ3) is 0.836. The summed E-state index contributed by atoms with van der Waals surface area (Å²) in [6.07, 6.45) is 1.22. The Balaban J connectivity index is 0.000000563.